The molecule has 0 unspecified atom stereocenters. The molecule has 3 rings (SSSR count). The van der Waals surface area contributed by atoms with Crippen LogP contribution in [-0.2, 0) is 0 Å². The molecule has 0 heterocycles. The summed E-state index contributed by atoms with van der Waals surface area (Å²) in [6.45, 7) is 4.02. The molecular weight excluding hydrogens is 411 g/mol. The molecule has 2 N–H and O–H groups in total. The van der Waals surface area contributed by atoms with Gasteiger partial charge >= 0.3 is 6.09 Å². The van der Waals surface area contributed by atoms with Gasteiger partial charge in [0.1, 0.15) is 24.8 Å². The zero-order valence-corrected chi connectivity index (χ0v) is 18.2. The quantitative estimate of drug-likeness (QED) is 0.469. The number of carbonyl (C=O) groups excluding carboxylic acids is 2. The van der Waals surface area contributed by atoms with Gasteiger partial charge in [-0.2, -0.15) is 0 Å². The smallest absolute Gasteiger partial charge is 0.412 e. The number of amides is 2. The molecule has 168 valence electrons. The van der Waals surface area contributed by atoms with Crippen LogP contribution in [0.15, 0.2) is 60.7 Å². The molecule has 0 aromatic heterocycles. The number of fused-ring (bicyclic) bond motifs is 1. The second kappa shape index (κ2) is 11.1. The standard InChI is InChI=1S/C25H27FN2O4/c1-17(2)22-5-3-4-6-23(22)32-25(30)28-13-12-27-24(29)20-8-7-19-16-21(31-14-11-26)10-9-18(19)15-20/h3-10,15-17H,11-14H2,1-2H3,(H,27,29)(H,28,30). The van der Waals surface area contributed by atoms with Crippen LogP contribution in [0, 0.1) is 0 Å². The minimum absolute atomic E-state index is 0.0117. The predicted molar refractivity (Wildman–Crippen MR) is 122 cm³/mol. The van der Waals surface area contributed by atoms with E-state index in [-0.39, 0.29) is 31.5 Å². The van der Waals surface area contributed by atoms with E-state index in [1.54, 1.807) is 30.3 Å². The number of benzene rings is 3. The van der Waals surface area contributed by atoms with Crippen molar-refractivity contribution in [3.8, 4) is 11.5 Å². The van der Waals surface area contributed by atoms with Gasteiger partial charge in [0.2, 0.25) is 0 Å². The van der Waals surface area contributed by atoms with E-state index in [0.29, 0.717) is 17.1 Å². The van der Waals surface area contributed by atoms with E-state index in [4.69, 9.17) is 9.47 Å². The molecule has 0 aliphatic heterocycles. The highest BCUT2D eigenvalue weighted by Gasteiger charge is 2.11. The topological polar surface area (TPSA) is 76.7 Å². The van der Waals surface area contributed by atoms with Crippen molar-refractivity contribution in [2.24, 2.45) is 0 Å². The maximum Gasteiger partial charge on any atom is 0.412 e. The average molecular weight is 438 g/mol. The number of hydrogen-bond donors (Lipinski definition) is 2. The lowest BCUT2D eigenvalue weighted by molar-refractivity contribution is 0.0953. The van der Waals surface area contributed by atoms with Crippen LogP contribution >= 0.6 is 0 Å². The number of rotatable bonds is 9. The monoisotopic (exact) mass is 438 g/mol. The van der Waals surface area contributed by atoms with Gasteiger partial charge in [0.15, 0.2) is 0 Å². The summed E-state index contributed by atoms with van der Waals surface area (Å²) < 4.78 is 22.9. The van der Waals surface area contributed by atoms with Gasteiger partial charge in [0.05, 0.1) is 0 Å². The van der Waals surface area contributed by atoms with E-state index < -0.39 is 12.8 Å². The van der Waals surface area contributed by atoms with E-state index >= 15 is 0 Å². The molecular formula is C25H27FN2O4. The van der Waals surface area contributed by atoms with Crippen molar-refractivity contribution >= 4 is 22.8 Å². The van der Waals surface area contributed by atoms with Crippen LogP contribution in [0.2, 0.25) is 0 Å². The van der Waals surface area contributed by atoms with Crippen molar-refractivity contribution in [3.63, 3.8) is 0 Å². The highest BCUT2D eigenvalue weighted by molar-refractivity contribution is 5.98. The van der Waals surface area contributed by atoms with Crippen molar-refractivity contribution < 1.29 is 23.5 Å². The van der Waals surface area contributed by atoms with Crippen LogP contribution in [-0.4, -0.2) is 38.4 Å². The SMILES string of the molecule is CC(C)c1ccccc1OC(=O)NCCNC(=O)c1ccc2cc(OCCF)ccc2c1. The average Bonchev–Trinajstić information content (AvgIpc) is 2.80. The summed E-state index contributed by atoms with van der Waals surface area (Å²) in [5.74, 6) is 1.10. The van der Waals surface area contributed by atoms with Crippen LogP contribution in [0.4, 0.5) is 9.18 Å². The minimum Gasteiger partial charge on any atom is -0.491 e. The molecule has 2 amide bonds. The largest absolute Gasteiger partial charge is 0.491 e. The van der Waals surface area contributed by atoms with Crippen molar-refractivity contribution in [3.05, 3.63) is 71.8 Å². The van der Waals surface area contributed by atoms with Crippen molar-refractivity contribution in [2.75, 3.05) is 26.4 Å². The Morgan fingerprint density at radius 3 is 2.44 bits per heavy atom. The number of para-hydroxylation sites is 1. The van der Waals surface area contributed by atoms with Crippen molar-refractivity contribution in [1.29, 1.82) is 0 Å². The van der Waals surface area contributed by atoms with Crippen LogP contribution in [0.1, 0.15) is 35.7 Å². The first-order valence-electron chi connectivity index (χ1n) is 10.5. The molecule has 0 atom stereocenters. The third-order valence-corrected chi connectivity index (χ3v) is 4.84. The van der Waals surface area contributed by atoms with Crippen LogP contribution in [0.5, 0.6) is 11.5 Å². The number of hydrogen-bond acceptors (Lipinski definition) is 4. The maximum absolute atomic E-state index is 12.4. The second-order valence-corrected chi connectivity index (χ2v) is 7.53. The van der Waals surface area contributed by atoms with Gasteiger partial charge in [-0.15, -0.1) is 0 Å². The fourth-order valence-electron chi connectivity index (χ4n) is 3.24. The molecule has 0 aliphatic carbocycles. The molecule has 0 spiro atoms. The van der Waals surface area contributed by atoms with Gasteiger partial charge in [0, 0.05) is 18.7 Å². The fourth-order valence-corrected chi connectivity index (χ4v) is 3.24. The lowest BCUT2D eigenvalue weighted by Crippen LogP contribution is -2.36. The summed E-state index contributed by atoms with van der Waals surface area (Å²) in [6.07, 6.45) is -0.566. The first kappa shape index (κ1) is 23.1. The molecule has 0 saturated carbocycles. The van der Waals surface area contributed by atoms with E-state index in [9.17, 15) is 14.0 Å². The molecule has 0 aliphatic rings. The molecule has 0 radical (unpaired) electrons. The summed E-state index contributed by atoms with van der Waals surface area (Å²) in [6, 6.07) is 18.1. The molecule has 3 aromatic rings. The number of carbonyl (C=O) groups is 2. The Morgan fingerprint density at radius 2 is 1.66 bits per heavy atom. The maximum atomic E-state index is 12.4. The lowest BCUT2D eigenvalue weighted by atomic mass is 10.0. The zero-order valence-electron chi connectivity index (χ0n) is 18.2. The van der Waals surface area contributed by atoms with Crippen LogP contribution in [0.25, 0.3) is 10.8 Å². The normalized spacial score (nSPS) is 10.8. The summed E-state index contributed by atoms with van der Waals surface area (Å²) >= 11 is 0. The number of halogens is 1. The Balaban J connectivity index is 1.48. The second-order valence-electron chi connectivity index (χ2n) is 7.53. The first-order valence-corrected chi connectivity index (χ1v) is 10.5. The van der Waals surface area contributed by atoms with E-state index in [1.165, 1.54) is 0 Å². The van der Waals surface area contributed by atoms with Gasteiger partial charge in [0.25, 0.3) is 5.91 Å². The summed E-state index contributed by atoms with van der Waals surface area (Å²) in [4.78, 5) is 24.5. The van der Waals surface area contributed by atoms with E-state index in [2.05, 4.69) is 10.6 Å². The van der Waals surface area contributed by atoms with Gasteiger partial charge < -0.3 is 20.1 Å². The molecule has 32 heavy (non-hydrogen) atoms. The molecule has 0 saturated heterocycles. The Hall–Kier alpha value is -3.61. The van der Waals surface area contributed by atoms with Gasteiger partial charge in [-0.1, -0.05) is 44.2 Å². The summed E-state index contributed by atoms with van der Waals surface area (Å²) in [5.41, 5.74) is 1.46. The highest BCUT2D eigenvalue weighted by Crippen LogP contribution is 2.26. The first-order chi connectivity index (χ1) is 15.5. The molecule has 7 heteroatoms. The molecule has 0 fully saturated rings. The minimum atomic E-state index is -0.566. The van der Waals surface area contributed by atoms with Crippen LogP contribution < -0.4 is 20.1 Å². The predicted octanol–water partition coefficient (Wildman–Crippen LogP) is 4.83. The molecule has 3 aromatic carbocycles. The third kappa shape index (κ3) is 6.20. The highest BCUT2D eigenvalue weighted by atomic mass is 19.1. The number of alkyl halides is 1. The lowest BCUT2D eigenvalue weighted by Gasteiger charge is -2.13. The molecule has 0 bridgehead atoms. The Bertz CT molecular complexity index is 1080. The number of ether oxygens (including phenoxy) is 2. The third-order valence-electron chi connectivity index (χ3n) is 4.84. The molecule has 6 nitrogen and oxygen atoms in total. The Labute approximate surface area is 186 Å². The summed E-state index contributed by atoms with van der Waals surface area (Å²) in [5, 5.41) is 7.18. The van der Waals surface area contributed by atoms with Gasteiger partial charge in [-0.25, -0.2) is 9.18 Å². The van der Waals surface area contributed by atoms with Crippen LogP contribution in [0.3, 0.4) is 0 Å². The van der Waals surface area contributed by atoms with Crippen molar-refractivity contribution in [2.45, 2.75) is 19.8 Å². The van der Waals surface area contributed by atoms with E-state index in [1.807, 2.05) is 44.2 Å². The number of nitrogens with one attached hydrogen (secondary N) is 2. The zero-order chi connectivity index (χ0) is 22.9. The van der Waals surface area contributed by atoms with Gasteiger partial charge in [-0.05, 0) is 52.6 Å². The Morgan fingerprint density at radius 1 is 0.938 bits per heavy atom. The fraction of sp³-hybridized carbons (Fsp3) is 0.280. The summed E-state index contributed by atoms with van der Waals surface area (Å²) in [7, 11) is 0. The Kier molecular flexibility index (Phi) is 8.02. The van der Waals surface area contributed by atoms with E-state index in [0.717, 1.165) is 16.3 Å². The van der Waals surface area contributed by atoms with Gasteiger partial charge in [-0.3, -0.25) is 4.79 Å². The van der Waals surface area contributed by atoms with Crippen molar-refractivity contribution in [1.82, 2.24) is 10.6 Å².